The van der Waals surface area contributed by atoms with Crippen LogP contribution in [0.3, 0.4) is 0 Å². The summed E-state index contributed by atoms with van der Waals surface area (Å²) in [7, 11) is -3.42. The summed E-state index contributed by atoms with van der Waals surface area (Å²) in [5.41, 5.74) is 1.17. The summed E-state index contributed by atoms with van der Waals surface area (Å²) in [5, 5.41) is 1.77. The van der Waals surface area contributed by atoms with Crippen LogP contribution in [0.15, 0.2) is 52.1 Å². The topological polar surface area (TPSA) is 66.9 Å². The van der Waals surface area contributed by atoms with Crippen LogP contribution < -0.4 is 0 Å². The number of thiophene rings is 1. The van der Waals surface area contributed by atoms with Crippen molar-refractivity contribution in [2.24, 2.45) is 0 Å². The Balaban J connectivity index is 1.43. The molecule has 2 fully saturated rings. The van der Waals surface area contributed by atoms with Gasteiger partial charge in [-0.05, 0) is 36.3 Å². The number of hydrogen-bond acceptors (Lipinski definition) is 5. The second-order valence-corrected chi connectivity index (χ2v) is 10.0. The van der Waals surface area contributed by atoms with Crippen LogP contribution in [0.4, 0.5) is 4.79 Å². The number of sulfonamides is 1. The third kappa shape index (κ3) is 3.74. The monoisotopic (exact) mass is 406 g/mol. The van der Waals surface area contributed by atoms with E-state index in [1.54, 1.807) is 17.5 Å². The minimum Gasteiger partial charge on any atom is -0.447 e. The molecule has 144 valence electrons. The van der Waals surface area contributed by atoms with Crippen molar-refractivity contribution < 1.29 is 17.9 Å². The summed E-state index contributed by atoms with van der Waals surface area (Å²) >= 11 is 1.24. The Bertz CT molecular complexity index is 876. The van der Waals surface area contributed by atoms with E-state index in [1.807, 2.05) is 23.1 Å². The summed E-state index contributed by atoms with van der Waals surface area (Å²) in [4.78, 5) is 14.1. The zero-order valence-corrected chi connectivity index (χ0v) is 16.5. The van der Waals surface area contributed by atoms with E-state index in [4.69, 9.17) is 4.74 Å². The first-order valence-corrected chi connectivity index (χ1v) is 11.4. The van der Waals surface area contributed by atoms with Crippen molar-refractivity contribution >= 4 is 27.5 Å². The summed E-state index contributed by atoms with van der Waals surface area (Å²) in [5.74, 6) is 0. The average Bonchev–Trinajstić information content (AvgIpc) is 3.34. The van der Waals surface area contributed by atoms with Gasteiger partial charge in [0.05, 0.1) is 6.04 Å². The lowest BCUT2D eigenvalue weighted by Crippen LogP contribution is -2.50. The fraction of sp³-hybridized carbons (Fsp3) is 0.421. The number of benzene rings is 1. The minimum atomic E-state index is -3.42. The maximum Gasteiger partial charge on any atom is 0.410 e. The Labute approximate surface area is 163 Å². The summed E-state index contributed by atoms with van der Waals surface area (Å²) in [6, 6.07) is 13.5. The number of piperidine rings is 1. The van der Waals surface area contributed by atoms with Gasteiger partial charge < -0.3 is 4.74 Å². The fourth-order valence-electron chi connectivity index (χ4n) is 3.86. The van der Waals surface area contributed by atoms with Crippen molar-refractivity contribution in [3.63, 3.8) is 0 Å². The van der Waals surface area contributed by atoms with Gasteiger partial charge in [0.25, 0.3) is 10.0 Å². The van der Waals surface area contributed by atoms with E-state index >= 15 is 0 Å². The van der Waals surface area contributed by atoms with Gasteiger partial charge in [-0.2, -0.15) is 4.31 Å². The van der Waals surface area contributed by atoms with Crippen LogP contribution in [-0.2, 0) is 21.2 Å². The van der Waals surface area contributed by atoms with E-state index in [2.05, 4.69) is 12.1 Å². The molecule has 27 heavy (non-hydrogen) atoms. The van der Waals surface area contributed by atoms with Crippen molar-refractivity contribution in [1.82, 2.24) is 9.21 Å². The standard InChI is InChI=1S/C19H22N2O4S2/c22-19-21(17(14-25-19)13-15-5-2-1-3-6-15)16-8-10-20(11-9-16)27(23,24)18-7-4-12-26-18/h1-7,12,16-17H,8-11,13-14H2. The zero-order chi connectivity index (χ0) is 18.9. The van der Waals surface area contributed by atoms with Crippen molar-refractivity contribution in [1.29, 1.82) is 0 Å². The van der Waals surface area contributed by atoms with Gasteiger partial charge in [-0.25, -0.2) is 13.2 Å². The number of carbonyl (C=O) groups is 1. The molecule has 0 saturated carbocycles. The summed E-state index contributed by atoms with van der Waals surface area (Å²) in [6.45, 7) is 1.24. The molecule has 6 nitrogen and oxygen atoms in total. The molecular formula is C19H22N2O4S2. The molecule has 1 unspecified atom stereocenters. The predicted octanol–water partition coefficient (Wildman–Crippen LogP) is 2.96. The number of carbonyl (C=O) groups excluding carboxylic acids is 1. The molecule has 1 aromatic heterocycles. The molecular weight excluding hydrogens is 384 g/mol. The molecule has 0 aliphatic carbocycles. The Hall–Kier alpha value is -1.90. The maximum absolute atomic E-state index is 12.7. The van der Waals surface area contributed by atoms with Gasteiger partial charge in [-0.1, -0.05) is 36.4 Å². The number of cyclic esters (lactones) is 1. The van der Waals surface area contributed by atoms with E-state index in [0.717, 1.165) is 6.42 Å². The number of ether oxygens (including phenoxy) is 1. The molecule has 4 rings (SSSR count). The Morgan fingerprint density at radius 1 is 1.07 bits per heavy atom. The quantitative estimate of drug-likeness (QED) is 0.766. The first-order chi connectivity index (χ1) is 13.1. The van der Waals surface area contributed by atoms with Crippen LogP contribution in [0.2, 0.25) is 0 Å². The van der Waals surface area contributed by atoms with Crippen molar-refractivity contribution in [3.8, 4) is 0 Å². The fourth-order valence-corrected chi connectivity index (χ4v) is 6.47. The van der Waals surface area contributed by atoms with Crippen LogP contribution in [-0.4, -0.2) is 55.5 Å². The van der Waals surface area contributed by atoms with Gasteiger partial charge in [0.2, 0.25) is 0 Å². The second-order valence-electron chi connectivity index (χ2n) is 6.90. The number of hydrogen-bond donors (Lipinski definition) is 0. The molecule has 1 atom stereocenters. The first kappa shape index (κ1) is 18.5. The third-order valence-electron chi connectivity index (χ3n) is 5.22. The van der Waals surface area contributed by atoms with Gasteiger partial charge in [0.15, 0.2) is 0 Å². The van der Waals surface area contributed by atoms with Gasteiger partial charge in [0.1, 0.15) is 10.8 Å². The predicted molar refractivity (Wildman–Crippen MR) is 103 cm³/mol. The van der Waals surface area contributed by atoms with Gasteiger partial charge >= 0.3 is 6.09 Å². The Morgan fingerprint density at radius 3 is 2.48 bits per heavy atom. The molecule has 0 bridgehead atoms. The summed E-state index contributed by atoms with van der Waals surface area (Å²) < 4.78 is 32.6. The maximum atomic E-state index is 12.7. The highest BCUT2D eigenvalue weighted by molar-refractivity contribution is 7.91. The molecule has 2 saturated heterocycles. The molecule has 3 heterocycles. The lowest BCUT2D eigenvalue weighted by atomic mass is 10.00. The van der Waals surface area contributed by atoms with Crippen LogP contribution >= 0.6 is 11.3 Å². The minimum absolute atomic E-state index is 0.00496. The molecule has 2 aliphatic rings. The first-order valence-electron chi connectivity index (χ1n) is 9.08. The average molecular weight is 407 g/mol. The van der Waals surface area contributed by atoms with Gasteiger partial charge in [-0.15, -0.1) is 11.3 Å². The SMILES string of the molecule is O=C1OCC(Cc2ccccc2)N1C1CCN(S(=O)(=O)c2cccs2)CC1. The molecule has 1 amide bonds. The molecule has 0 radical (unpaired) electrons. The van der Waals surface area contributed by atoms with Crippen LogP contribution in [0.25, 0.3) is 0 Å². The van der Waals surface area contributed by atoms with Crippen molar-refractivity contribution in [2.45, 2.75) is 35.6 Å². The lowest BCUT2D eigenvalue weighted by Gasteiger charge is -2.37. The molecule has 2 aromatic rings. The van der Waals surface area contributed by atoms with Crippen LogP contribution in [0.1, 0.15) is 18.4 Å². The lowest BCUT2D eigenvalue weighted by molar-refractivity contribution is 0.125. The Morgan fingerprint density at radius 2 is 1.81 bits per heavy atom. The number of nitrogens with zero attached hydrogens (tertiary/aromatic N) is 2. The van der Waals surface area contributed by atoms with Gasteiger partial charge in [0, 0.05) is 19.1 Å². The highest BCUT2D eigenvalue weighted by atomic mass is 32.2. The number of amides is 1. The smallest absolute Gasteiger partial charge is 0.410 e. The second kappa shape index (κ2) is 7.61. The molecule has 8 heteroatoms. The van der Waals surface area contributed by atoms with Crippen LogP contribution in [0.5, 0.6) is 0 Å². The van der Waals surface area contributed by atoms with Crippen LogP contribution in [0, 0.1) is 0 Å². The van der Waals surface area contributed by atoms with Crippen molar-refractivity contribution in [2.75, 3.05) is 19.7 Å². The van der Waals surface area contributed by atoms with Crippen molar-refractivity contribution in [3.05, 3.63) is 53.4 Å². The molecule has 1 aromatic carbocycles. The zero-order valence-electron chi connectivity index (χ0n) is 14.9. The third-order valence-corrected chi connectivity index (χ3v) is 8.50. The van der Waals surface area contributed by atoms with Gasteiger partial charge in [-0.3, -0.25) is 4.90 Å². The van der Waals surface area contributed by atoms with E-state index in [-0.39, 0.29) is 18.2 Å². The van der Waals surface area contributed by atoms with E-state index in [9.17, 15) is 13.2 Å². The molecule has 0 N–H and O–H groups in total. The molecule has 0 spiro atoms. The van der Waals surface area contributed by atoms with E-state index in [1.165, 1.54) is 21.2 Å². The molecule has 2 aliphatic heterocycles. The number of rotatable bonds is 5. The van der Waals surface area contributed by atoms with E-state index in [0.29, 0.717) is 36.7 Å². The summed E-state index contributed by atoms with van der Waals surface area (Å²) in [6.07, 6.45) is 1.73. The normalized spacial score (nSPS) is 22.1. The highest BCUT2D eigenvalue weighted by Crippen LogP contribution is 2.29. The highest BCUT2D eigenvalue weighted by Gasteiger charge is 2.41. The van der Waals surface area contributed by atoms with E-state index < -0.39 is 10.0 Å². The largest absolute Gasteiger partial charge is 0.447 e. The Kier molecular flexibility index (Phi) is 5.21.